The Bertz CT molecular complexity index is 728. The summed E-state index contributed by atoms with van der Waals surface area (Å²) in [6.07, 6.45) is -0.551. The summed E-state index contributed by atoms with van der Waals surface area (Å²) in [5.74, 6) is 0.245. The predicted octanol–water partition coefficient (Wildman–Crippen LogP) is 3.36. The molecule has 120 valence electrons. The van der Waals surface area contributed by atoms with Gasteiger partial charge in [0.15, 0.2) is 6.10 Å². The first-order valence-corrected chi connectivity index (χ1v) is 7.57. The summed E-state index contributed by atoms with van der Waals surface area (Å²) < 4.78 is 18.9. The minimum Gasteiger partial charge on any atom is -0.478 e. The molecule has 5 heteroatoms. The van der Waals surface area contributed by atoms with Crippen LogP contribution in [0, 0.1) is 11.7 Å². The van der Waals surface area contributed by atoms with Crippen LogP contribution >= 0.6 is 0 Å². The molecule has 4 nitrogen and oxygen atoms in total. The van der Waals surface area contributed by atoms with E-state index in [1.807, 2.05) is 13.8 Å². The molecule has 2 N–H and O–H groups in total. The van der Waals surface area contributed by atoms with E-state index in [0.717, 1.165) is 5.56 Å². The van der Waals surface area contributed by atoms with E-state index in [4.69, 9.17) is 10.5 Å². The Morgan fingerprint density at radius 1 is 1.22 bits per heavy atom. The molecular weight excluding hydrogens is 295 g/mol. The third-order valence-corrected chi connectivity index (χ3v) is 3.90. The van der Waals surface area contributed by atoms with Crippen LogP contribution in [-0.2, 0) is 11.3 Å². The SMILES string of the molecule is CC(C)[C@H]1Oc2cc(N)ccc2N(Cc2ccc(F)cc2)C1=O. The number of halogens is 1. The Morgan fingerprint density at radius 2 is 1.91 bits per heavy atom. The number of anilines is 2. The molecule has 1 atom stereocenters. The van der Waals surface area contributed by atoms with E-state index in [9.17, 15) is 9.18 Å². The lowest BCUT2D eigenvalue weighted by Gasteiger charge is -2.36. The largest absolute Gasteiger partial charge is 0.478 e. The summed E-state index contributed by atoms with van der Waals surface area (Å²) in [7, 11) is 0. The number of fused-ring (bicyclic) bond motifs is 1. The summed E-state index contributed by atoms with van der Waals surface area (Å²) >= 11 is 0. The molecule has 2 aromatic rings. The molecule has 0 unspecified atom stereocenters. The molecule has 0 saturated carbocycles. The third-order valence-electron chi connectivity index (χ3n) is 3.90. The second-order valence-corrected chi connectivity index (χ2v) is 6.06. The second-order valence-electron chi connectivity index (χ2n) is 6.06. The van der Waals surface area contributed by atoms with Crippen LogP contribution in [0.15, 0.2) is 42.5 Å². The molecule has 0 spiro atoms. The average Bonchev–Trinajstić information content (AvgIpc) is 2.51. The highest BCUT2D eigenvalue weighted by atomic mass is 19.1. The van der Waals surface area contributed by atoms with Crippen molar-refractivity contribution in [2.24, 2.45) is 5.92 Å². The highest BCUT2D eigenvalue weighted by Crippen LogP contribution is 2.37. The topological polar surface area (TPSA) is 55.6 Å². The van der Waals surface area contributed by atoms with Gasteiger partial charge in [-0.15, -0.1) is 0 Å². The lowest BCUT2D eigenvalue weighted by atomic mass is 10.0. The number of carbonyl (C=O) groups is 1. The Morgan fingerprint density at radius 3 is 2.57 bits per heavy atom. The Labute approximate surface area is 134 Å². The Kier molecular flexibility index (Phi) is 3.94. The molecular formula is C18H19FN2O2. The second kappa shape index (κ2) is 5.91. The number of ether oxygens (including phenoxy) is 1. The number of benzene rings is 2. The van der Waals surface area contributed by atoms with E-state index in [1.54, 1.807) is 35.2 Å². The summed E-state index contributed by atoms with van der Waals surface area (Å²) in [5.41, 5.74) is 7.95. The van der Waals surface area contributed by atoms with Crippen molar-refractivity contribution in [3.05, 3.63) is 53.8 Å². The van der Waals surface area contributed by atoms with Crippen molar-refractivity contribution < 1.29 is 13.9 Å². The zero-order valence-corrected chi connectivity index (χ0v) is 13.1. The molecule has 1 amide bonds. The van der Waals surface area contributed by atoms with E-state index < -0.39 is 6.10 Å². The van der Waals surface area contributed by atoms with Crippen molar-refractivity contribution in [3.63, 3.8) is 0 Å². The highest BCUT2D eigenvalue weighted by molar-refractivity contribution is 6.00. The number of carbonyl (C=O) groups excluding carboxylic acids is 1. The molecule has 1 aliphatic heterocycles. The number of nitrogens with two attached hydrogens (primary N) is 1. The fraction of sp³-hybridized carbons (Fsp3) is 0.278. The Hall–Kier alpha value is -2.56. The van der Waals surface area contributed by atoms with Crippen molar-refractivity contribution in [2.45, 2.75) is 26.5 Å². The van der Waals surface area contributed by atoms with Gasteiger partial charge in [0.1, 0.15) is 11.6 Å². The molecule has 23 heavy (non-hydrogen) atoms. The number of hydrogen-bond acceptors (Lipinski definition) is 3. The van der Waals surface area contributed by atoms with E-state index in [2.05, 4.69) is 0 Å². The number of hydrogen-bond donors (Lipinski definition) is 1. The van der Waals surface area contributed by atoms with Crippen LogP contribution in [0.4, 0.5) is 15.8 Å². The van der Waals surface area contributed by atoms with E-state index in [-0.39, 0.29) is 17.6 Å². The number of nitrogens with zero attached hydrogens (tertiary/aromatic N) is 1. The van der Waals surface area contributed by atoms with Crippen molar-refractivity contribution in [2.75, 3.05) is 10.6 Å². The van der Waals surface area contributed by atoms with Crippen LogP contribution in [0.3, 0.4) is 0 Å². The van der Waals surface area contributed by atoms with Gasteiger partial charge in [-0.3, -0.25) is 4.79 Å². The van der Waals surface area contributed by atoms with Crippen molar-refractivity contribution in [3.8, 4) is 5.75 Å². The van der Waals surface area contributed by atoms with Gasteiger partial charge in [-0.2, -0.15) is 0 Å². The molecule has 1 aliphatic rings. The van der Waals surface area contributed by atoms with Gasteiger partial charge in [0, 0.05) is 11.8 Å². The van der Waals surface area contributed by atoms with Gasteiger partial charge < -0.3 is 15.4 Å². The quantitative estimate of drug-likeness (QED) is 0.884. The normalized spacial score (nSPS) is 17.1. The van der Waals surface area contributed by atoms with Crippen LogP contribution in [0.1, 0.15) is 19.4 Å². The lowest BCUT2D eigenvalue weighted by molar-refractivity contribution is -0.128. The Balaban J connectivity index is 1.99. The molecule has 3 rings (SSSR count). The highest BCUT2D eigenvalue weighted by Gasteiger charge is 2.36. The van der Waals surface area contributed by atoms with Crippen LogP contribution in [-0.4, -0.2) is 12.0 Å². The smallest absolute Gasteiger partial charge is 0.268 e. The van der Waals surface area contributed by atoms with Gasteiger partial charge >= 0.3 is 0 Å². The first kappa shape index (κ1) is 15.3. The van der Waals surface area contributed by atoms with Crippen LogP contribution in [0.5, 0.6) is 5.75 Å². The van der Waals surface area contributed by atoms with Crippen LogP contribution in [0.25, 0.3) is 0 Å². The number of rotatable bonds is 3. The summed E-state index contributed by atoms with van der Waals surface area (Å²) in [6.45, 7) is 4.24. The molecule has 2 aromatic carbocycles. The maximum Gasteiger partial charge on any atom is 0.268 e. The molecule has 0 aliphatic carbocycles. The van der Waals surface area contributed by atoms with Gasteiger partial charge in [0.25, 0.3) is 5.91 Å². The fourth-order valence-electron chi connectivity index (χ4n) is 2.66. The number of nitrogen functional groups attached to an aromatic ring is 1. The van der Waals surface area contributed by atoms with Gasteiger partial charge in [0.2, 0.25) is 0 Å². The standard InChI is InChI=1S/C18H19FN2O2/c1-11(2)17-18(22)21(10-12-3-5-13(19)6-4-12)15-8-7-14(20)9-16(15)23-17/h3-9,11,17H,10,20H2,1-2H3/t17-/m1/s1. The minimum atomic E-state index is -0.551. The third kappa shape index (κ3) is 2.99. The van der Waals surface area contributed by atoms with Gasteiger partial charge in [-0.1, -0.05) is 26.0 Å². The van der Waals surface area contributed by atoms with Gasteiger partial charge in [-0.05, 0) is 35.7 Å². The molecule has 0 fully saturated rings. The summed E-state index contributed by atoms with van der Waals surface area (Å²) in [4.78, 5) is 14.5. The maximum absolute atomic E-state index is 13.1. The zero-order valence-electron chi connectivity index (χ0n) is 13.1. The van der Waals surface area contributed by atoms with E-state index in [1.165, 1.54) is 12.1 Å². The predicted molar refractivity (Wildman–Crippen MR) is 87.7 cm³/mol. The van der Waals surface area contributed by atoms with Gasteiger partial charge in [0.05, 0.1) is 12.2 Å². The van der Waals surface area contributed by atoms with Crippen molar-refractivity contribution in [1.82, 2.24) is 0 Å². The van der Waals surface area contributed by atoms with E-state index >= 15 is 0 Å². The zero-order chi connectivity index (χ0) is 16.6. The van der Waals surface area contributed by atoms with Crippen molar-refractivity contribution in [1.29, 1.82) is 0 Å². The van der Waals surface area contributed by atoms with Crippen LogP contribution in [0.2, 0.25) is 0 Å². The summed E-state index contributed by atoms with van der Waals surface area (Å²) in [6, 6.07) is 11.4. The van der Waals surface area contributed by atoms with E-state index in [0.29, 0.717) is 23.7 Å². The summed E-state index contributed by atoms with van der Waals surface area (Å²) in [5, 5.41) is 0. The average molecular weight is 314 g/mol. The fourth-order valence-corrected chi connectivity index (χ4v) is 2.66. The molecule has 0 radical (unpaired) electrons. The van der Waals surface area contributed by atoms with Gasteiger partial charge in [-0.25, -0.2) is 4.39 Å². The first-order valence-electron chi connectivity index (χ1n) is 7.57. The maximum atomic E-state index is 13.1. The molecule has 0 bridgehead atoms. The molecule has 1 heterocycles. The van der Waals surface area contributed by atoms with Crippen molar-refractivity contribution >= 4 is 17.3 Å². The number of amides is 1. The monoisotopic (exact) mass is 314 g/mol. The minimum absolute atomic E-state index is 0.0350. The molecule has 0 aromatic heterocycles. The molecule has 0 saturated heterocycles. The first-order chi connectivity index (χ1) is 11.0. The lowest BCUT2D eigenvalue weighted by Crippen LogP contribution is -2.48. The van der Waals surface area contributed by atoms with Crippen LogP contribution < -0.4 is 15.4 Å².